The highest BCUT2D eigenvalue weighted by atomic mass is 16.3. The molecule has 1 aliphatic heterocycles. The molecule has 8 nitrogen and oxygen atoms in total. The summed E-state index contributed by atoms with van der Waals surface area (Å²) in [5.41, 5.74) is 2.12. The lowest BCUT2D eigenvalue weighted by Gasteiger charge is -2.22. The van der Waals surface area contributed by atoms with Crippen molar-refractivity contribution in [2.45, 2.75) is 13.1 Å². The Kier molecular flexibility index (Phi) is 4.00. The molecule has 8 heteroatoms. The van der Waals surface area contributed by atoms with E-state index in [9.17, 15) is 9.59 Å². The first-order valence-electron chi connectivity index (χ1n) is 8.23. The van der Waals surface area contributed by atoms with Crippen molar-refractivity contribution in [1.29, 1.82) is 0 Å². The maximum atomic E-state index is 12.3. The molecule has 1 N–H and O–H groups in total. The van der Waals surface area contributed by atoms with Crippen molar-refractivity contribution in [3.05, 3.63) is 59.7 Å². The fourth-order valence-electron chi connectivity index (χ4n) is 2.78. The molecule has 0 fully saturated rings. The standard InChI is InChI=1S/C18H17N5O3/c1-22-7-8-23-15(18(22)25)9-14(21-23)16(24)19-10-13-11-26-17(20-13)12-5-3-2-4-6-12/h2-6,9,11H,7-8,10H2,1H3,(H,19,24). The van der Waals surface area contributed by atoms with Crippen molar-refractivity contribution in [3.8, 4) is 11.5 Å². The molecule has 3 aromatic rings. The third kappa shape index (κ3) is 2.97. The van der Waals surface area contributed by atoms with Crippen molar-refractivity contribution in [2.24, 2.45) is 0 Å². The van der Waals surface area contributed by atoms with Gasteiger partial charge in [-0.05, 0) is 12.1 Å². The minimum absolute atomic E-state index is 0.133. The Labute approximate surface area is 149 Å². The maximum Gasteiger partial charge on any atom is 0.272 e. The van der Waals surface area contributed by atoms with E-state index in [1.54, 1.807) is 16.6 Å². The number of nitrogens with one attached hydrogen (secondary N) is 1. The molecule has 1 aromatic carbocycles. The van der Waals surface area contributed by atoms with Gasteiger partial charge in [-0.2, -0.15) is 5.10 Å². The van der Waals surface area contributed by atoms with E-state index >= 15 is 0 Å². The number of fused-ring (bicyclic) bond motifs is 1. The molecule has 26 heavy (non-hydrogen) atoms. The molecule has 1 aliphatic rings. The summed E-state index contributed by atoms with van der Waals surface area (Å²) in [5.74, 6) is 0.0133. The predicted octanol–water partition coefficient (Wildman–Crippen LogP) is 1.55. The van der Waals surface area contributed by atoms with Crippen LogP contribution in [0.5, 0.6) is 0 Å². The average molecular weight is 351 g/mol. The number of hydrogen-bond donors (Lipinski definition) is 1. The molecule has 0 bridgehead atoms. The highest BCUT2D eigenvalue weighted by Gasteiger charge is 2.25. The van der Waals surface area contributed by atoms with Gasteiger partial charge in [-0.15, -0.1) is 0 Å². The zero-order valence-corrected chi connectivity index (χ0v) is 14.2. The number of likely N-dealkylation sites (N-methyl/N-ethyl adjacent to an activating group) is 1. The predicted molar refractivity (Wildman–Crippen MR) is 92.3 cm³/mol. The summed E-state index contributed by atoms with van der Waals surface area (Å²) in [6.07, 6.45) is 1.51. The summed E-state index contributed by atoms with van der Waals surface area (Å²) in [4.78, 5) is 30.4. The van der Waals surface area contributed by atoms with Crippen LogP contribution in [0.15, 0.2) is 47.1 Å². The molecule has 0 unspecified atom stereocenters. The number of oxazole rings is 1. The molecular weight excluding hydrogens is 334 g/mol. The Hall–Kier alpha value is -3.42. The van der Waals surface area contributed by atoms with Gasteiger partial charge in [0.1, 0.15) is 12.0 Å². The topological polar surface area (TPSA) is 93.3 Å². The van der Waals surface area contributed by atoms with Crippen LogP contribution in [-0.4, -0.2) is 45.1 Å². The summed E-state index contributed by atoms with van der Waals surface area (Å²) in [6, 6.07) is 11.0. The molecular formula is C18H17N5O3. The zero-order chi connectivity index (χ0) is 18.1. The van der Waals surface area contributed by atoms with Gasteiger partial charge in [-0.25, -0.2) is 4.98 Å². The number of benzene rings is 1. The molecule has 4 rings (SSSR count). The monoisotopic (exact) mass is 351 g/mol. The Morgan fingerprint density at radius 2 is 2.08 bits per heavy atom. The first-order chi connectivity index (χ1) is 12.6. The number of rotatable bonds is 4. The van der Waals surface area contributed by atoms with Crippen LogP contribution in [0.3, 0.4) is 0 Å². The van der Waals surface area contributed by atoms with Crippen LogP contribution in [0.1, 0.15) is 26.7 Å². The van der Waals surface area contributed by atoms with Crippen LogP contribution in [0.25, 0.3) is 11.5 Å². The molecule has 2 aromatic heterocycles. The number of hydrogen-bond acceptors (Lipinski definition) is 5. The van der Waals surface area contributed by atoms with Crippen molar-refractivity contribution in [2.75, 3.05) is 13.6 Å². The van der Waals surface area contributed by atoms with Gasteiger partial charge in [0, 0.05) is 25.2 Å². The van der Waals surface area contributed by atoms with Crippen LogP contribution in [0, 0.1) is 0 Å². The second-order valence-corrected chi connectivity index (χ2v) is 6.06. The van der Waals surface area contributed by atoms with Crippen LogP contribution >= 0.6 is 0 Å². The van der Waals surface area contributed by atoms with E-state index in [4.69, 9.17) is 4.42 Å². The number of amides is 2. The van der Waals surface area contributed by atoms with E-state index in [1.165, 1.54) is 12.3 Å². The van der Waals surface area contributed by atoms with E-state index < -0.39 is 0 Å². The summed E-state index contributed by atoms with van der Waals surface area (Å²) in [7, 11) is 1.73. The Balaban J connectivity index is 1.43. The largest absolute Gasteiger partial charge is 0.444 e. The summed E-state index contributed by atoms with van der Waals surface area (Å²) in [5, 5.41) is 6.97. The van der Waals surface area contributed by atoms with E-state index in [1.807, 2.05) is 30.3 Å². The minimum Gasteiger partial charge on any atom is -0.444 e. The second-order valence-electron chi connectivity index (χ2n) is 6.06. The summed E-state index contributed by atoms with van der Waals surface area (Å²) in [6.45, 7) is 1.37. The Morgan fingerprint density at radius 1 is 1.27 bits per heavy atom. The summed E-state index contributed by atoms with van der Waals surface area (Å²) < 4.78 is 7.02. The zero-order valence-electron chi connectivity index (χ0n) is 14.2. The van der Waals surface area contributed by atoms with E-state index in [2.05, 4.69) is 15.4 Å². The molecule has 2 amide bonds. The lowest BCUT2D eigenvalue weighted by Crippen LogP contribution is -2.37. The molecule has 0 saturated carbocycles. The van der Waals surface area contributed by atoms with Crippen LogP contribution in [0.2, 0.25) is 0 Å². The molecule has 0 spiro atoms. The van der Waals surface area contributed by atoms with Gasteiger partial charge >= 0.3 is 0 Å². The van der Waals surface area contributed by atoms with E-state index in [0.717, 1.165) is 5.56 Å². The first kappa shape index (κ1) is 16.1. The first-order valence-corrected chi connectivity index (χ1v) is 8.23. The number of aromatic nitrogens is 3. The molecule has 0 radical (unpaired) electrons. The number of carbonyl (C=O) groups is 2. The number of carbonyl (C=O) groups excluding carboxylic acids is 2. The molecule has 0 aliphatic carbocycles. The van der Waals surface area contributed by atoms with Crippen molar-refractivity contribution < 1.29 is 14.0 Å². The average Bonchev–Trinajstić information content (AvgIpc) is 3.31. The third-order valence-electron chi connectivity index (χ3n) is 4.23. The van der Waals surface area contributed by atoms with Crippen LogP contribution < -0.4 is 5.32 Å². The van der Waals surface area contributed by atoms with E-state index in [0.29, 0.717) is 30.4 Å². The van der Waals surface area contributed by atoms with E-state index in [-0.39, 0.29) is 24.1 Å². The third-order valence-corrected chi connectivity index (χ3v) is 4.23. The quantitative estimate of drug-likeness (QED) is 0.770. The SMILES string of the molecule is CN1CCn2nc(C(=O)NCc3coc(-c4ccccc4)n3)cc2C1=O. The Morgan fingerprint density at radius 3 is 2.88 bits per heavy atom. The van der Waals surface area contributed by atoms with Crippen molar-refractivity contribution in [3.63, 3.8) is 0 Å². The van der Waals surface area contributed by atoms with Gasteiger partial charge in [0.05, 0.1) is 18.8 Å². The highest BCUT2D eigenvalue weighted by molar-refractivity contribution is 5.98. The summed E-state index contributed by atoms with van der Waals surface area (Å²) >= 11 is 0. The second kappa shape index (κ2) is 6.47. The van der Waals surface area contributed by atoms with Crippen LogP contribution in [0.4, 0.5) is 0 Å². The van der Waals surface area contributed by atoms with Gasteiger partial charge < -0.3 is 14.6 Å². The van der Waals surface area contributed by atoms with Gasteiger partial charge in [0.2, 0.25) is 5.89 Å². The fraction of sp³-hybridized carbons (Fsp3) is 0.222. The molecule has 132 valence electrons. The van der Waals surface area contributed by atoms with Crippen molar-refractivity contribution >= 4 is 11.8 Å². The lowest BCUT2D eigenvalue weighted by molar-refractivity contribution is 0.0742. The minimum atomic E-state index is -0.355. The molecule has 0 saturated heterocycles. The van der Waals surface area contributed by atoms with Gasteiger partial charge in [0.15, 0.2) is 5.69 Å². The maximum absolute atomic E-state index is 12.3. The van der Waals surface area contributed by atoms with Gasteiger partial charge in [-0.1, -0.05) is 18.2 Å². The molecule has 3 heterocycles. The van der Waals surface area contributed by atoms with Crippen molar-refractivity contribution in [1.82, 2.24) is 25.0 Å². The number of nitrogens with zero attached hydrogens (tertiary/aromatic N) is 4. The normalized spacial score (nSPS) is 13.6. The Bertz CT molecular complexity index is 960. The fourth-order valence-corrected chi connectivity index (χ4v) is 2.78. The van der Waals surface area contributed by atoms with Crippen LogP contribution in [-0.2, 0) is 13.1 Å². The van der Waals surface area contributed by atoms with Gasteiger partial charge in [-0.3, -0.25) is 14.3 Å². The smallest absolute Gasteiger partial charge is 0.272 e. The van der Waals surface area contributed by atoms with Gasteiger partial charge in [0.25, 0.3) is 11.8 Å². The highest BCUT2D eigenvalue weighted by Crippen LogP contribution is 2.18. The lowest BCUT2D eigenvalue weighted by atomic mass is 10.2. The molecule has 0 atom stereocenters.